The minimum atomic E-state index is -0.310. The van der Waals surface area contributed by atoms with Gasteiger partial charge in [0.1, 0.15) is 0 Å². The Morgan fingerprint density at radius 2 is 1.55 bits per heavy atom. The Morgan fingerprint density at radius 3 is 2.15 bits per heavy atom. The van der Waals surface area contributed by atoms with Gasteiger partial charge < -0.3 is 5.32 Å². The lowest BCUT2D eigenvalue weighted by molar-refractivity contribution is 0.655. The number of hydrogen-bond donors (Lipinski definition) is 1. The van der Waals surface area contributed by atoms with Crippen LogP contribution in [0.3, 0.4) is 0 Å². The highest BCUT2D eigenvalue weighted by atomic mass is 16.2. The molecule has 0 amide bonds. The monoisotopic (exact) mass is 273 g/mol. The lowest BCUT2D eigenvalue weighted by Crippen LogP contribution is -2.38. The molecule has 0 fully saturated rings. The van der Waals surface area contributed by atoms with Crippen molar-refractivity contribution >= 4 is 5.69 Å². The molecule has 0 saturated heterocycles. The van der Waals surface area contributed by atoms with Crippen LogP contribution < -0.4 is 16.6 Å². The average Bonchev–Trinajstić information content (AvgIpc) is 2.38. The van der Waals surface area contributed by atoms with E-state index in [0.717, 1.165) is 10.3 Å². The van der Waals surface area contributed by atoms with E-state index in [4.69, 9.17) is 0 Å². The molecule has 0 radical (unpaired) electrons. The van der Waals surface area contributed by atoms with Crippen molar-refractivity contribution in [1.29, 1.82) is 0 Å². The number of nitrogens with one attached hydrogen (secondary N) is 1. The second kappa shape index (κ2) is 5.36. The van der Waals surface area contributed by atoms with E-state index >= 15 is 0 Å². The lowest BCUT2D eigenvalue weighted by atomic mass is 10.1. The Hall–Kier alpha value is -2.30. The molecule has 0 bridgehead atoms. The molecule has 0 unspecified atom stereocenters. The van der Waals surface area contributed by atoms with Crippen LogP contribution in [0.2, 0.25) is 0 Å². The maximum atomic E-state index is 11.8. The third kappa shape index (κ3) is 2.82. The van der Waals surface area contributed by atoms with Gasteiger partial charge in [0, 0.05) is 31.5 Å². The summed E-state index contributed by atoms with van der Waals surface area (Å²) in [5.41, 5.74) is 3.39. The number of anilines is 1. The summed E-state index contributed by atoms with van der Waals surface area (Å²) in [5, 5.41) is 3.25. The molecule has 1 aromatic heterocycles. The van der Waals surface area contributed by atoms with Crippen LogP contribution in [0, 0.1) is 13.8 Å². The van der Waals surface area contributed by atoms with Crippen LogP contribution in [0.25, 0.3) is 0 Å². The molecular weight excluding hydrogens is 254 g/mol. The predicted molar refractivity (Wildman–Crippen MR) is 80.2 cm³/mol. The Kier molecular flexibility index (Phi) is 3.79. The normalized spacial score (nSPS) is 10.6. The van der Waals surface area contributed by atoms with E-state index in [0.29, 0.717) is 12.2 Å². The Morgan fingerprint density at radius 1 is 0.950 bits per heavy atom. The molecule has 1 aromatic carbocycles. The Labute approximate surface area is 117 Å². The van der Waals surface area contributed by atoms with Crippen LogP contribution >= 0.6 is 0 Å². The molecule has 1 N–H and O–H groups in total. The lowest BCUT2D eigenvalue weighted by Gasteiger charge is -2.12. The fourth-order valence-corrected chi connectivity index (χ4v) is 2.22. The van der Waals surface area contributed by atoms with Crippen molar-refractivity contribution in [1.82, 2.24) is 9.13 Å². The fourth-order valence-electron chi connectivity index (χ4n) is 2.22. The second-order valence-electron chi connectivity index (χ2n) is 5.10. The maximum absolute atomic E-state index is 11.8. The van der Waals surface area contributed by atoms with Gasteiger partial charge in [0.15, 0.2) is 0 Å². The average molecular weight is 273 g/mol. The van der Waals surface area contributed by atoms with Gasteiger partial charge in [0.25, 0.3) is 5.56 Å². The molecule has 5 nitrogen and oxygen atoms in total. The van der Waals surface area contributed by atoms with Gasteiger partial charge in [-0.25, -0.2) is 4.79 Å². The molecule has 0 aliphatic heterocycles. The zero-order valence-electron chi connectivity index (χ0n) is 12.2. The van der Waals surface area contributed by atoms with Gasteiger partial charge in [0.05, 0.1) is 6.54 Å². The zero-order chi connectivity index (χ0) is 14.9. The topological polar surface area (TPSA) is 56.0 Å². The third-order valence-corrected chi connectivity index (χ3v) is 3.32. The molecular formula is C15H19N3O2. The van der Waals surface area contributed by atoms with Gasteiger partial charge in [-0.2, -0.15) is 0 Å². The SMILES string of the molecule is Cc1cc(C)cc(NCc2cc(=O)n(C)c(=O)n2C)c1. The summed E-state index contributed by atoms with van der Waals surface area (Å²) in [6.45, 7) is 4.50. The second-order valence-corrected chi connectivity index (χ2v) is 5.10. The first kappa shape index (κ1) is 14.1. The number of aromatic nitrogens is 2. The van der Waals surface area contributed by atoms with Gasteiger partial charge in [0.2, 0.25) is 0 Å². The molecule has 0 aliphatic rings. The van der Waals surface area contributed by atoms with Crippen LogP contribution in [-0.2, 0) is 20.6 Å². The summed E-state index contributed by atoms with van der Waals surface area (Å²) in [6, 6.07) is 7.65. The van der Waals surface area contributed by atoms with Crippen molar-refractivity contribution in [3.05, 3.63) is 61.9 Å². The first-order valence-electron chi connectivity index (χ1n) is 6.46. The largest absolute Gasteiger partial charge is 0.379 e. The molecule has 2 aromatic rings. The van der Waals surface area contributed by atoms with E-state index in [9.17, 15) is 9.59 Å². The summed E-state index contributed by atoms with van der Waals surface area (Å²) in [5.74, 6) is 0. The maximum Gasteiger partial charge on any atom is 0.330 e. The van der Waals surface area contributed by atoms with Crippen LogP contribution in [0.1, 0.15) is 16.8 Å². The van der Waals surface area contributed by atoms with E-state index in [1.807, 2.05) is 26.0 Å². The number of hydrogen-bond acceptors (Lipinski definition) is 3. The first-order valence-corrected chi connectivity index (χ1v) is 6.46. The van der Waals surface area contributed by atoms with Crippen molar-refractivity contribution in [2.24, 2.45) is 14.1 Å². The summed E-state index contributed by atoms with van der Waals surface area (Å²) in [6.07, 6.45) is 0. The summed E-state index contributed by atoms with van der Waals surface area (Å²) in [4.78, 5) is 23.5. The van der Waals surface area contributed by atoms with Crippen LogP contribution in [0.5, 0.6) is 0 Å². The molecule has 0 atom stereocenters. The fraction of sp³-hybridized carbons (Fsp3) is 0.333. The quantitative estimate of drug-likeness (QED) is 0.917. The molecule has 106 valence electrons. The summed E-state index contributed by atoms with van der Waals surface area (Å²) >= 11 is 0. The number of rotatable bonds is 3. The summed E-state index contributed by atoms with van der Waals surface area (Å²) < 4.78 is 2.58. The van der Waals surface area contributed by atoms with Crippen LogP contribution in [0.4, 0.5) is 5.69 Å². The van der Waals surface area contributed by atoms with Crippen LogP contribution in [-0.4, -0.2) is 9.13 Å². The zero-order valence-corrected chi connectivity index (χ0v) is 12.2. The Bertz CT molecular complexity index is 736. The van der Waals surface area contributed by atoms with E-state index < -0.39 is 0 Å². The van der Waals surface area contributed by atoms with Gasteiger partial charge in [-0.3, -0.25) is 13.9 Å². The predicted octanol–water partition coefficient (Wildman–Crippen LogP) is 1.31. The third-order valence-electron chi connectivity index (χ3n) is 3.32. The van der Waals surface area contributed by atoms with E-state index in [1.54, 1.807) is 7.05 Å². The highest BCUT2D eigenvalue weighted by Crippen LogP contribution is 2.14. The van der Waals surface area contributed by atoms with Crippen molar-refractivity contribution in [3.63, 3.8) is 0 Å². The number of benzene rings is 1. The Balaban J connectivity index is 2.28. The van der Waals surface area contributed by atoms with Crippen LogP contribution in [0.15, 0.2) is 33.9 Å². The van der Waals surface area contributed by atoms with Crippen molar-refractivity contribution < 1.29 is 0 Å². The molecule has 2 rings (SSSR count). The van der Waals surface area contributed by atoms with Crippen molar-refractivity contribution in [3.8, 4) is 0 Å². The first-order chi connectivity index (χ1) is 9.38. The minimum absolute atomic E-state index is 0.287. The molecule has 0 spiro atoms. The molecule has 0 saturated carbocycles. The highest BCUT2D eigenvalue weighted by molar-refractivity contribution is 5.48. The molecule has 1 heterocycles. The van der Waals surface area contributed by atoms with Gasteiger partial charge in [-0.05, 0) is 37.1 Å². The van der Waals surface area contributed by atoms with Crippen molar-refractivity contribution in [2.45, 2.75) is 20.4 Å². The van der Waals surface area contributed by atoms with Gasteiger partial charge in [-0.1, -0.05) is 6.07 Å². The standard InChI is InChI=1S/C15H19N3O2/c1-10-5-11(2)7-12(6-10)16-9-13-8-14(19)18(4)15(20)17(13)3/h5-8,16H,9H2,1-4H3. The van der Waals surface area contributed by atoms with E-state index in [-0.39, 0.29) is 11.2 Å². The minimum Gasteiger partial charge on any atom is -0.379 e. The number of aryl methyl sites for hydroxylation is 2. The van der Waals surface area contributed by atoms with E-state index in [2.05, 4.69) is 11.4 Å². The summed E-state index contributed by atoms with van der Waals surface area (Å²) in [7, 11) is 3.14. The molecule has 5 heteroatoms. The van der Waals surface area contributed by atoms with Crippen molar-refractivity contribution in [2.75, 3.05) is 5.32 Å². The highest BCUT2D eigenvalue weighted by Gasteiger charge is 2.05. The van der Waals surface area contributed by atoms with Gasteiger partial charge >= 0.3 is 5.69 Å². The molecule has 20 heavy (non-hydrogen) atoms. The molecule has 0 aliphatic carbocycles. The number of nitrogens with zero attached hydrogens (tertiary/aromatic N) is 2. The van der Waals surface area contributed by atoms with E-state index in [1.165, 1.54) is 28.8 Å². The smallest absolute Gasteiger partial charge is 0.330 e. The van der Waals surface area contributed by atoms with Gasteiger partial charge in [-0.15, -0.1) is 0 Å².